The highest BCUT2D eigenvalue weighted by Gasteiger charge is 2.21. The summed E-state index contributed by atoms with van der Waals surface area (Å²) in [6, 6.07) is 16.2. The van der Waals surface area contributed by atoms with Crippen molar-refractivity contribution in [1.29, 1.82) is 5.26 Å². The second-order valence-electron chi connectivity index (χ2n) is 7.23. The van der Waals surface area contributed by atoms with Gasteiger partial charge < -0.3 is 14.2 Å². The molecule has 4 aromatic rings. The third-order valence-corrected chi connectivity index (χ3v) is 5.60. The molecule has 2 aromatic carbocycles. The van der Waals surface area contributed by atoms with Crippen LogP contribution in [0.1, 0.15) is 5.56 Å². The molecule has 0 N–H and O–H groups in total. The first kappa shape index (κ1) is 20.0. The van der Waals surface area contributed by atoms with E-state index in [2.05, 4.69) is 11.1 Å². The lowest BCUT2D eigenvalue weighted by molar-refractivity contribution is -0.125. The number of ether oxygens (including phenoxy) is 1. The molecular weight excluding hydrogens is 430 g/mol. The van der Waals surface area contributed by atoms with E-state index in [4.69, 9.17) is 16.3 Å². The predicted octanol–water partition coefficient (Wildman–Crippen LogP) is 3.06. The summed E-state index contributed by atoms with van der Waals surface area (Å²) in [6.07, 6.45) is 3.01. The van der Waals surface area contributed by atoms with Crippen LogP contribution in [0.3, 0.4) is 0 Å². The van der Waals surface area contributed by atoms with Crippen molar-refractivity contribution in [2.75, 3.05) is 24.7 Å². The zero-order valence-corrected chi connectivity index (χ0v) is 17.5. The van der Waals surface area contributed by atoms with Crippen molar-refractivity contribution in [3.8, 4) is 17.4 Å². The minimum atomic E-state index is -0.318. The van der Waals surface area contributed by atoms with E-state index >= 15 is 0 Å². The van der Waals surface area contributed by atoms with Gasteiger partial charge in [-0.05, 0) is 48.5 Å². The van der Waals surface area contributed by atoms with Gasteiger partial charge in [-0.15, -0.1) is 0 Å². The summed E-state index contributed by atoms with van der Waals surface area (Å²) < 4.78 is 8.24. The Balaban J connectivity index is 1.61. The van der Waals surface area contributed by atoms with Crippen molar-refractivity contribution in [1.82, 2.24) is 14.1 Å². The Morgan fingerprint density at radius 2 is 1.62 bits per heavy atom. The van der Waals surface area contributed by atoms with Crippen molar-refractivity contribution >= 4 is 34.2 Å². The number of aromatic nitrogens is 3. The average Bonchev–Trinajstić information content (AvgIpc) is 3.20. The lowest BCUT2D eigenvalue weighted by Crippen LogP contribution is -2.41. The molecule has 1 aliphatic rings. The summed E-state index contributed by atoms with van der Waals surface area (Å²) in [4.78, 5) is 31.6. The molecule has 0 radical (unpaired) electrons. The van der Waals surface area contributed by atoms with Crippen molar-refractivity contribution in [3.05, 3.63) is 82.0 Å². The molecule has 1 aliphatic heterocycles. The number of carbonyl (C=O) groups excluding carboxylic acids is 1. The number of carbonyl (C=O) groups is 1. The molecule has 0 bridgehead atoms. The molecule has 0 spiro atoms. The SMILES string of the molecule is N#Cc1cn(-c2ccc(Cl)cc2)c2c(=O)n(-c3ccc(N4CCOCC4=O)cc3)cnc12. The second kappa shape index (κ2) is 7.96. The molecule has 8 nitrogen and oxygen atoms in total. The zero-order chi connectivity index (χ0) is 22.2. The number of amides is 1. The average molecular weight is 446 g/mol. The number of nitriles is 1. The molecule has 2 aromatic heterocycles. The molecule has 1 saturated heterocycles. The highest BCUT2D eigenvalue weighted by atomic mass is 35.5. The third-order valence-electron chi connectivity index (χ3n) is 5.35. The number of benzene rings is 2. The van der Waals surface area contributed by atoms with E-state index in [0.29, 0.717) is 46.1 Å². The Labute approximate surface area is 187 Å². The van der Waals surface area contributed by atoms with Gasteiger partial charge in [0.05, 0.1) is 17.9 Å². The van der Waals surface area contributed by atoms with E-state index < -0.39 is 0 Å². The summed E-state index contributed by atoms with van der Waals surface area (Å²) >= 11 is 5.99. The standard InChI is InChI=1S/C23H16ClN5O3/c24-16-1-3-18(4-2-16)28-12-15(11-25)21-22(28)23(31)29(14-26-21)19-7-5-17(6-8-19)27-9-10-32-13-20(27)30/h1-8,12,14H,9-10,13H2. The first-order valence-corrected chi connectivity index (χ1v) is 10.2. The first-order chi connectivity index (χ1) is 15.6. The Hall–Kier alpha value is -3.93. The van der Waals surface area contributed by atoms with Crippen molar-refractivity contribution in [2.45, 2.75) is 0 Å². The topological polar surface area (TPSA) is 93.1 Å². The Kier molecular flexibility index (Phi) is 4.98. The van der Waals surface area contributed by atoms with Gasteiger partial charge in [0, 0.05) is 29.1 Å². The van der Waals surface area contributed by atoms with Crippen molar-refractivity contribution in [2.24, 2.45) is 0 Å². The van der Waals surface area contributed by atoms with Gasteiger partial charge in [-0.1, -0.05) is 11.6 Å². The van der Waals surface area contributed by atoms with Crippen LogP contribution in [-0.4, -0.2) is 39.8 Å². The normalized spacial score (nSPS) is 14.0. The molecular formula is C23H16ClN5O3. The number of nitrogens with zero attached hydrogens (tertiary/aromatic N) is 5. The fourth-order valence-corrected chi connectivity index (χ4v) is 3.89. The van der Waals surface area contributed by atoms with Crippen LogP contribution in [0.15, 0.2) is 65.8 Å². The van der Waals surface area contributed by atoms with Gasteiger partial charge in [0.15, 0.2) is 0 Å². The van der Waals surface area contributed by atoms with Crippen molar-refractivity contribution in [3.63, 3.8) is 0 Å². The van der Waals surface area contributed by atoms with Gasteiger partial charge in [0.2, 0.25) is 0 Å². The molecule has 0 saturated carbocycles. The predicted molar refractivity (Wildman–Crippen MR) is 120 cm³/mol. The van der Waals surface area contributed by atoms with E-state index in [1.165, 1.54) is 10.9 Å². The van der Waals surface area contributed by atoms with Crippen LogP contribution in [0.2, 0.25) is 5.02 Å². The number of rotatable bonds is 3. The van der Waals surface area contributed by atoms with Crippen LogP contribution in [0.25, 0.3) is 22.4 Å². The number of morpholine rings is 1. The minimum Gasteiger partial charge on any atom is -0.370 e. The van der Waals surface area contributed by atoms with Gasteiger partial charge in [-0.3, -0.25) is 14.2 Å². The van der Waals surface area contributed by atoms with Gasteiger partial charge in [-0.25, -0.2) is 4.98 Å². The number of anilines is 1. The zero-order valence-electron chi connectivity index (χ0n) is 16.7. The molecule has 9 heteroatoms. The summed E-state index contributed by atoms with van der Waals surface area (Å²) in [5.41, 5.74) is 2.63. The molecule has 1 amide bonds. The summed E-state index contributed by atoms with van der Waals surface area (Å²) in [5.74, 6) is -0.103. The number of halogens is 1. The first-order valence-electron chi connectivity index (χ1n) is 9.84. The van der Waals surface area contributed by atoms with Crippen LogP contribution in [0, 0.1) is 11.3 Å². The van der Waals surface area contributed by atoms with Crippen LogP contribution < -0.4 is 10.5 Å². The van der Waals surface area contributed by atoms with Gasteiger partial charge >= 0.3 is 0 Å². The quantitative estimate of drug-likeness (QED) is 0.483. The molecule has 0 unspecified atom stereocenters. The monoisotopic (exact) mass is 445 g/mol. The maximum atomic E-state index is 13.4. The molecule has 0 aliphatic carbocycles. The fourth-order valence-electron chi connectivity index (χ4n) is 3.77. The lowest BCUT2D eigenvalue weighted by Gasteiger charge is -2.26. The van der Waals surface area contributed by atoms with Crippen LogP contribution in [0.4, 0.5) is 5.69 Å². The van der Waals surface area contributed by atoms with Crippen LogP contribution >= 0.6 is 11.6 Å². The largest absolute Gasteiger partial charge is 0.370 e. The molecule has 158 valence electrons. The molecule has 0 atom stereocenters. The van der Waals surface area contributed by atoms with Gasteiger partial charge in [0.1, 0.15) is 30.0 Å². The molecule has 3 heterocycles. The lowest BCUT2D eigenvalue weighted by atomic mass is 10.2. The summed E-state index contributed by atoms with van der Waals surface area (Å²) in [6.45, 7) is 1.03. The highest BCUT2D eigenvalue weighted by Crippen LogP contribution is 2.23. The summed E-state index contributed by atoms with van der Waals surface area (Å²) in [7, 11) is 0. The molecule has 32 heavy (non-hydrogen) atoms. The Bertz CT molecular complexity index is 1430. The highest BCUT2D eigenvalue weighted by molar-refractivity contribution is 6.30. The number of fused-ring (bicyclic) bond motifs is 1. The smallest absolute Gasteiger partial charge is 0.282 e. The second-order valence-corrected chi connectivity index (χ2v) is 7.67. The fraction of sp³-hybridized carbons (Fsp3) is 0.130. The summed E-state index contributed by atoms with van der Waals surface area (Å²) in [5, 5.41) is 10.1. The van der Waals surface area contributed by atoms with E-state index in [9.17, 15) is 14.9 Å². The van der Waals surface area contributed by atoms with Gasteiger partial charge in [-0.2, -0.15) is 5.26 Å². The van der Waals surface area contributed by atoms with Gasteiger partial charge in [0.25, 0.3) is 11.5 Å². The maximum absolute atomic E-state index is 13.4. The van der Waals surface area contributed by atoms with Crippen LogP contribution in [-0.2, 0) is 9.53 Å². The van der Waals surface area contributed by atoms with E-state index in [1.54, 1.807) is 64.2 Å². The molecule has 1 fully saturated rings. The maximum Gasteiger partial charge on any atom is 0.282 e. The number of hydrogen-bond donors (Lipinski definition) is 0. The molecule has 5 rings (SSSR count). The minimum absolute atomic E-state index is 0.0602. The Morgan fingerprint density at radius 1 is 0.969 bits per heavy atom. The van der Waals surface area contributed by atoms with Crippen LogP contribution in [0.5, 0.6) is 0 Å². The van der Waals surface area contributed by atoms with E-state index in [-0.39, 0.29) is 18.1 Å². The van der Waals surface area contributed by atoms with E-state index in [1.807, 2.05) is 0 Å². The van der Waals surface area contributed by atoms with E-state index in [0.717, 1.165) is 5.69 Å². The Morgan fingerprint density at radius 3 is 2.31 bits per heavy atom. The van der Waals surface area contributed by atoms with Crippen molar-refractivity contribution < 1.29 is 9.53 Å². The third kappa shape index (κ3) is 3.34. The number of hydrogen-bond acceptors (Lipinski definition) is 5.